The number of nitrogens with zero attached hydrogens (tertiary/aromatic N) is 1. The molecule has 1 heterocycles. The summed E-state index contributed by atoms with van der Waals surface area (Å²) in [4.78, 5) is 25.8. The summed E-state index contributed by atoms with van der Waals surface area (Å²) in [5, 5.41) is 20.9. The van der Waals surface area contributed by atoms with Crippen LogP contribution in [0, 0.1) is 0 Å². The van der Waals surface area contributed by atoms with Gasteiger partial charge in [-0.1, -0.05) is 66.7 Å². The van der Waals surface area contributed by atoms with Crippen LogP contribution in [0.15, 0.2) is 78.9 Å². The van der Waals surface area contributed by atoms with Crippen LogP contribution < -0.4 is 10.8 Å². The summed E-state index contributed by atoms with van der Waals surface area (Å²) in [5.41, 5.74) is 6.03. The van der Waals surface area contributed by atoms with Crippen LogP contribution in [0.2, 0.25) is 0 Å². The van der Waals surface area contributed by atoms with Gasteiger partial charge in [-0.2, -0.15) is 0 Å². The molecule has 9 heteroatoms. The monoisotopic (exact) mass is 547 g/mol. The molecule has 0 saturated carbocycles. The summed E-state index contributed by atoms with van der Waals surface area (Å²) < 4.78 is 12.9. The lowest BCUT2D eigenvalue weighted by molar-refractivity contribution is -0.252. The van der Waals surface area contributed by atoms with Crippen molar-refractivity contribution in [3.63, 3.8) is 0 Å². The maximum atomic E-state index is 12.4. The molecule has 0 aromatic heterocycles. The van der Waals surface area contributed by atoms with Gasteiger partial charge in [0.1, 0.15) is 0 Å². The highest BCUT2D eigenvalue weighted by molar-refractivity contribution is 5.91. The number of carbonyl (C=O) groups is 2. The molecule has 3 unspecified atom stereocenters. The number of aliphatic hydroxyl groups is 1. The number of anilines is 1. The Morgan fingerprint density at radius 2 is 1.65 bits per heavy atom. The summed E-state index contributed by atoms with van der Waals surface area (Å²) in [6.45, 7) is 1.49. The second-order valence-corrected chi connectivity index (χ2v) is 10.1. The fourth-order valence-electron chi connectivity index (χ4n) is 4.79. The zero-order valence-corrected chi connectivity index (χ0v) is 22.7. The minimum Gasteiger partial charge on any atom is -0.392 e. The number of aliphatic hydroxyl groups excluding tert-OH is 1. The van der Waals surface area contributed by atoms with Crippen molar-refractivity contribution in [1.29, 1.82) is 0 Å². The fraction of sp³-hybridized carbons (Fsp3) is 0.355. The molecule has 4 N–H and O–H groups in total. The average molecular weight is 548 g/mol. The molecule has 2 amide bonds. The minimum atomic E-state index is -0.642. The number of rotatable bonds is 12. The maximum Gasteiger partial charge on any atom is 0.243 e. The van der Waals surface area contributed by atoms with Crippen molar-refractivity contribution < 1.29 is 29.4 Å². The molecule has 1 aliphatic heterocycles. The number of hydroxylamine groups is 1. The van der Waals surface area contributed by atoms with E-state index in [1.54, 1.807) is 11.5 Å². The topological polar surface area (TPSA) is 120 Å². The van der Waals surface area contributed by atoms with E-state index in [0.717, 1.165) is 23.2 Å². The minimum absolute atomic E-state index is 0.0163. The first-order valence-electron chi connectivity index (χ1n) is 13.5. The number of amides is 2. The largest absolute Gasteiger partial charge is 0.392 e. The van der Waals surface area contributed by atoms with E-state index in [9.17, 15) is 14.7 Å². The Morgan fingerprint density at radius 3 is 2.38 bits per heavy atom. The number of likely N-dealkylation sites (N-methyl/N-ethyl adjacent to an activating group) is 1. The molecule has 0 spiro atoms. The van der Waals surface area contributed by atoms with E-state index in [2.05, 4.69) is 29.4 Å². The molecule has 3 atom stereocenters. The Balaban J connectivity index is 1.46. The van der Waals surface area contributed by atoms with Crippen molar-refractivity contribution in [3.8, 4) is 0 Å². The molecule has 4 rings (SSSR count). The van der Waals surface area contributed by atoms with Gasteiger partial charge < -0.3 is 19.9 Å². The van der Waals surface area contributed by atoms with Crippen molar-refractivity contribution >= 4 is 17.5 Å². The lowest BCUT2D eigenvalue weighted by Gasteiger charge is -2.38. The second-order valence-electron chi connectivity index (χ2n) is 10.1. The molecule has 1 fully saturated rings. The number of carbonyl (C=O) groups excluding carboxylic acids is 2. The van der Waals surface area contributed by atoms with Gasteiger partial charge in [-0.05, 0) is 42.3 Å². The van der Waals surface area contributed by atoms with Gasteiger partial charge in [0, 0.05) is 43.6 Å². The van der Waals surface area contributed by atoms with E-state index in [1.807, 2.05) is 60.7 Å². The van der Waals surface area contributed by atoms with Crippen molar-refractivity contribution in [2.75, 3.05) is 18.9 Å². The van der Waals surface area contributed by atoms with Gasteiger partial charge in [0.25, 0.3) is 0 Å². The molecular weight excluding hydrogens is 510 g/mol. The van der Waals surface area contributed by atoms with Gasteiger partial charge in [-0.25, -0.2) is 5.48 Å². The summed E-state index contributed by atoms with van der Waals surface area (Å²) in [6, 6.07) is 25.4. The SMILES string of the molecule is CN(Cc1ccccc1)CC1CC(c2ccc(CO)cc2)OC(c2cccc(NC(=O)CCCC(=O)NO)c2)O1. The summed E-state index contributed by atoms with van der Waals surface area (Å²) >= 11 is 0. The van der Waals surface area contributed by atoms with Crippen LogP contribution >= 0.6 is 0 Å². The predicted molar refractivity (Wildman–Crippen MR) is 150 cm³/mol. The van der Waals surface area contributed by atoms with Gasteiger partial charge in [0.05, 0.1) is 18.8 Å². The van der Waals surface area contributed by atoms with Gasteiger partial charge in [-0.15, -0.1) is 0 Å². The highest BCUT2D eigenvalue weighted by Crippen LogP contribution is 2.38. The number of hydrogen-bond donors (Lipinski definition) is 4. The van der Waals surface area contributed by atoms with Crippen LogP contribution in [-0.4, -0.2) is 46.7 Å². The number of benzene rings is 3. The normalized spacial score (nSPS) is 18.9. The van der Waals surface area contributed by atoms with Crippen molar-refractivity contribution in [1.82, 2.24) is 10.4 Å². The van der Waals surface area contributed by atoms with Gasteiger partial charge in [0.2, 0.25) is 11.8 Å². The first kappa shape index (κ1) is 29.4. The van der Waals surface area contributed by atoms with Crippen LogP contribution in [0.1, 0.15) is 60.3 Å². The molecule has 1 saturated heterocycles. The van der Waals surface area contributed by atoms with Gasteiger partial charge >= 0.3 is 0 Å². The van der Waals surface area contributed by atoms with Crippen molar-refractivity contribution in [3.05, 3.63) is 101 Å². The number of nitrogens with one attached hydrogen (secondary N) is 2. The lowest BCUT2D eigenvalue weighted by atomic mass is 9.99. The quantitative estimate of drug-likeness (QED) is 0.195. The van der Waals surface area contributed by atoms with Crippen LogP contribution in [0.5, 0.6) is 0 Å². The van der Waals surface area contributed by atoms with Gasteiger partial charge in [0.15, 0.2) is 6.29 Å². The molecular formula is C31H37N3O6. The Morgan fingerprint density at radius 1 is 0.900 bits per heavy atom. The first-order valence-corrected chi connectivity index (χ1v) is 13.5. The molecule has 3 aromatic rings. The van der Waals surface area contributed by atoms with E-state index in [1.165, 1.54) is 5.56 Å². The zero-order chi connectivity index (χ0) is 28.3. The summed E-state index contributed by atoms with van der Waals surface area (Å²) in [5.74, 6) is -0.749. The second kappa shape index (κ2) is 14.7. The fourth-order valence-corrected chi connectivity index (χ4v) is 4.79. The van der Waals surface area contributed by atoms with E-state index in [0.29, 0.717) is 25.1 Å². The average Bonchev–Trinajstić information content (AvgIpc) is 2.97. The Bertz CT molecular complexity index is 1240. The number of hydrogen-bond acceptors (Lipinski definition) is 7. The van der Waals surface area contributed by atoms with Crippen molar-refractivity contribution in [2.24, 2.45) is 0 Å². The lowest BCUT2D eigenvalue weighted by Crippen LogP contribution is -2.37. The van der Waals surface area contributed by atoms with E-state index in [-0.39, 0.29) is 37.6 Å². The third-order valence-corrected chi connectivity index (χ3v) is 6.80. The zero-order valence-electron chi connectivity index (χ0n) is 22.7. The first-order chi connectivity index (χ1) is 19.4. The molecule has 0 bridgehead atoms. The van der Waals surface area contributed by atoms with Crippen LogP contribution in [0.25, 0.3) is 0 Å². The van der Waals surface area contributed by atoms with E-state index >= 15 is 0 Å². The maximum absolute atomic E-state index is 12.4. The Labute approximate surface area is 234 Å². The van der Waals surface area contributed by atoms with E-state index in [4.69, 9.17) is 14.7 Å². The smallest absolute Gasteiger partial charge is 0.243 e. The van der Waals surface area contributed by atoms with Crippen LogP contribution in [0.3, 0.4) is 0 Å². The highest BCUT2D eigenvalue weighted by atomic mass is 16.7. The molecule has 3 aromatic carbocycles. The third kappa shape index (κ3) is 8.70. The molecule has 212 valence electrons. The van der Waals surface area contributed by atoms with Crippen LogP contribution in [0.4, 0.5) is 5.69 Å². The molecule has 9 nitrogen and oxygen atoms in total. The Kier molecular flexibility index (Phi) is 10.8. The highest BCUT2D eigenvalue weighted by Gasteiger charge is 2.33. The molecule has 0 radical (unpaired) electrons. The standard InChI is InChI=1S/C31H37N3O6/c1-34(19-22-7-3-2-4-8-22)20-27-18-28(24-15-13-23(21-35)14-16-24)40-31(39-27)25-9-5-10-26(17-25)32-29(36)11-6-12-30(37)33-38/h2-5,7-10,13-17,27-28,31,35,38H,6,11-12,18-21H2,1H3,(H,32,36)(H,33,37). The molecule has 0 aliphatic carbocycles. The van der Waals surface area contributed by atoms with E-state index < -0.39 is 12.2 Å². The Hall–Kier alpha value is -3.60. The summed E-state index contributed by atoms with van der Waals surface area (Å²) in [6.07, 6.45) is 0.248. The van der Waals surface area contributed by atoms with Crippen molar-refractivity contribution in [2.45, 2.75) is 57.3 Å². The third-order valence-electron chi connectivity index (χ3n) is 6.80. The van der Waals surface area contributed by atoms with Crippen LogP contribution in [-0.2, 0) is 32.2 Å². The molecule has 1 aliphatic rings. The predicted octanol–water partition coefficient (Wildman–Crippen LogP) is 4.47. The van der Waals surface area contributed by atoms with Gasteiger partial charge in [-0.3, -0.25) is 19.7 Å². The molecule has 40 heavy (non-hydrogen) atoms. The summed E-state index contributed by atoms with van der Waals surface area (Å²) in [7, 11) is 2.08. The number of ether oxygens (including phenoxy) is 2.